The van der Waals surface area contributed by atoms with E-state index < -0.39 is 0 Å². The highest BCUT2D eigenvalue weighted by Gasteiger charge is 2.21. The molecular formula is C27H35N3O. The van der Waals surface area contributed by atoms with Gasteiger partial charge in [0, 0.05) is 18.8 Å². The summed E-state index contributed by atoms with van der Waals surface area (Å²) in [5, 5.41) is 0. The first kappa shape index (κ1) is 22.8. The summed E-state index contributed by atoms with van der Waals surface area (Å²) in [7, 11) is 0. The zero-order chi connectivity index (χ0) is 22.4. The Morgan fingerprint density at radius 1 is 0.935 bits per heavy atom. The molecule has 1 aromatic heterocycles. The molecule has 4 nitrogen and oxygen atoms in total. The molecule has 1 heterocycles. The molecule has 0 spiro atoms. The van der Waals surface area contributed by atoms with Gasteiger partial charge in [0.2, 0.25) is 0 Å². The fraction of sp³-hybridized carbons (Fsp3) is 0.407. The van der Waals surface area contributed by atoms with E-state index in [1.165, 1.54) is 16.7 Å². The van der Waals surface area contributed by atoms with Crippen molar-refractivity contribution in [2.45, 2.75) is 47.5 Å². The predicted molar refractivity (Wildman–Crippen MR) is 129 cm³/mol. The summed E-state index contributed by atoms with van der Waals surface area (Å²) in [6.45, 7) is 12.5. The second-order valence-corrected chi connectivity index (χ2v) is 9.17. The molecule has 0 fully saturated rings. The monoisotopic (exact) mass is 417 g/mol. The standard InChI is InChI=1S/C27H35N3O/c1-20(2)14-16-29(17-15-21(3)4)27(31)26-18-28-19-30(26)24-12-10-23(11-13-24)25-9-7-6-8-22(25)5/h6-13,18-21H,14-17H2,1-5H3. The number of aryl methyl sites for hydroxylation is 1. The topological polar surface area (TPSA) is 38.1 Å². The van der Waals surface area contributed by atoms with Crippen LogP contribution < -0.4 is 0 Å². The maximum absolute atomic E-state index is 13.4. The summed E-state index contributed by atoms with van der Waals surface area (Å²) in [5.41, 5.74) is 5.22. The average molecular weight is 418 g/mol. The molecular weight excluding hydrogens is 382 g/mol. The van der Waals surface area contributed by atoms with Gasteiger partial charge in [0.25, 0.3) is 5.91 Å². The number of aromatic nitrogens is 2. The summed E-state index contributed by atoms with van der Waals surface area (Å²) in [6, 6.07) is 16.7. The molecule has 0 unspecified atom stereocenters. The van der Waals surface area contributed by atoms with Crippen LogP contribution in [0.2, 0.25) is 0 Å². The Balaban J connectivity index is 1.84. The molecule has 2 aromatic carbocycles. The van der Waals surface area contributed by atoms with E-state index in [2.05, 4.69) is 88.1 Å². The van der Waals surface area contributed by atoms with Gasteiger partial charge < -0.3 is 4.90 Å². The van der Waals surface area contributed by atoms with Gasteiger partial charge in [0.05, 0.1) is 12.5 Å². The van der Waals surface area contributed by atoms with Crippen LogP contribution in [0, 0.1) is 18.8 Å². The molecule has 4 heteroatoms. The van der Waals surface area contributed by atoms with E-state index in [0.29, 0.717) is 17.5 Å². The smallest absolute Gasteiger partial charge is 0.272 e. The van der Waals surface area contributed by atoms with Crippen molar-refractivity contribution in [3.8, 4) is 16.8 Å². The lowest BCUT2D eigenvalue weighted by Gasteiger charge is -2.25. The quantitative estimate of drug-likeness (QED) is 0.405. The minimum Gasteiger partial charge on any atom is -0.337 e. The molecule has 0 radical (unpaired) electrons. The Morgan fingerprint density at radius 2 is 1.55 bits per heavy atom. The largest absolute Gasteiger partial charge is 0.337 e. The van der Waals surface area contributed by atoms with Crippen LogP contribution in [-0.2, 0) is 0 Å². The van der Waals surface area contributed by atoms with Crippen molar-refractivity contribution >= 4 is 5.91 Å². The van der Waals surface area contributed by atoms with Crippen LogP contribution in [0.1, 0.15) is 56.6 Å². The van der Waals surface area contributed by atoms with Gasteiger partial charge in [-0.1, -0.05) is 64.1 Å². The summed E-state index contributed by atoms with van der Waals surface area (Å²) in [6.07, 6.45) is 5.43. The Bertz CT molecular complexity index is 974. The van der Waals surface area contributed by atoms with E-state index in [4.69, 9.17) is 0 Å². The van der Waals surface area contributed by atoms with Gasteiger partial charge >= 0.3 is 0 Å². The molecule has 31 heavy (non-hydrogen) atoms. The zero-order valence-corrected chi connectivity index (χ0v) is 19.5. The fourth-order valence-electron chi connectivity index (χ4n) is 3.66. The van der Waals surface area contributed by atoms with Gasteiger partial charge in [0.1, 0.15) is 5.69 Å². The number of imidazole rings is 1. The number of carbonyl (C=O) groups is 1. The minimum atomic E-state index is 0.0572. The van der Waals surface area contributed by atoms with Crippen LogP contribution in [0.3, 0.4) is 0 Å². The first-order valence-corrected chi connectivity index (χ1v) is 11.3. The molecule has 3 rings (SSSR count). The van der Waals surface area contributed by atoms with Crippen molar-refractivity contribution in [1.82, 2.24) is 14.5 Å². The molecule has 164 valence electrons. The van der Waals surface area contributed by atoms with E-state index >= 15 is 0 Å². The van der Waals surface area contributed by atoms with Gasteiger partial charge in [0.15, 0.2) is 0 Å². The average Bonchev–Trinajstić information content (AvgIpc) is 3.23. The van der Waals surface area contributed by atoms with Crippen LogP contribution in [-0.4, -0.2) is 33.4 Å². The summed E-state index contributed by atoms with van der Waals surface area (Å²) < 4.78 is 1.90. The number of rotatable bonds is 9. The maximum atomic E-state index is 13.4. The van der Waals surface area contributed by atoms with E-state index in [1.54, 1.807) is 12.5 Å². The summed E-state index contributed by atoms with van der Waals surface area (Å²) in [4.78, 5) is 19.7. The molecule has 3 aromatic rings. The molecule has 0 aliphatic carbocycles. The van der Waals surface area contributed by atoms with Gasteiger partial charge in [-0.25, -0.2) is 4.98 Å². The van der Waals surface area contributed by atoms with Crippen LogP contribution in [0.25, 0.3) is 16.8 Å². The number of benzene rings is 2. The second kappa shape index (κ2) is 10.4. The number of amides is 1. The third-order valence-corrected chi connectivity index (χ3v) is 5.70. The van der Waals surface area contributed by atoms with Gasteiger partial charge in [-0.05, 0) is 60.4 Å². The Kier molecular flexibility index (Phi) is 7.67. The summed E-state index contributed by atoms with van der Waals surface area (Å²) in [5.74, 6) is 1.18. The molecule has 1 amide bonds. The van der Waals surface area contributed by atoms with Crippen LogP contribution >= 0.6 is 0 Å². The highest BCUT2D eigenvalue weighted by atomic mass is 16.2. The predicted octanol–water partition coefficient (Wildman–Crippen LogP) is 6.38. The fourth-order valence-corrected chi connectivity index (χ4v) is 3.66. The molecule has 0 saturated heterocycles. The Labute approximate surface area is 186 Å². The number of hydrogen-bond donors (Lipinski definition) is 0. The van der Waals surface area contributed by atoms with E-state index in [1.807, 2.05) is 9.47 Å². The first-order chi connectivity index (χ1) is 14.9. The normalized spacial score (nSPS) is 11.3. The molecule has 0 bridgehead atoms. The van der Waals surface area contributed by atoms with E-state index in [-0.39, 0.29) is 5.91 Å². The first-order valence-electron chi connectivity index (χ1n) is 11.3. The van der Waals surface area contributed by atoms with Crippen molar-refractivity contribution in [3.63, 3.8) is 0 Å². The van der Waals surface area contributed by atoms with Crippen molar-refractivity contribution in [2.24, 2.45) is 11.8 Å². The second-order valence-electron chi connectivity index (χ2n) is 9.17. The van der Waals surface area contributed by atoms with Crippen LogP contribution in [0.5, 0.6) is 0 Å². The highest BCUT2D eigenvalue weighted by Crippen LogP contribution is 2.25. The Morgan fingerprint density at radius 3 is 2.13 bits per heavy atom. The number of hydrogen-bond acceptors (Lipinski definition) is 2. The van der Waals surface area contributed by atoms with Crippen molar-refractivity contribution in [3.05, 3.63) is 72.3 Å². The molecule has 0 aliphatic heterocycles. The summed E-state index contributed by atoms with van der Waals surface area (Å²) >= 11 is 0. The highest BCUT2D eigenvalue weighted by molar-refractivity contribution is 5.93. The lowest BCUT2D eigenvalue weighted by Crippen LogP contribution is -2.35. The lowest BCUT2D eigenvalue weighted by atomic mass is 10.0. The zero-order valence-electron chi connectivity index (χ0n) is 19.5. The number of nitrogens with zero attached hydrogens (tertiary/aromatic N) is 3. The Hall–Kier alpha value is -2.88. The van der Waals surface area contributed by atoms with Crippen molar-refractivity contribution in [2.75, 3.05) is 13.1 Å². The SMILES string of the molecule is Cc1ccccc1-c1ccc(-n2cncc2C(=O)N(CCC(C)C)CCC(C)C)cc1. The molecule has 0 atom stereocenters. The third-order valence-electron chi connectivity index (χ3n) is 5.70. The van der Waals surface area contributed by atoms with E-state index in [9.17, 15) is 4.79 Å². The molecule has 0 saturated carbocycles. The van der Waals surface area contributed by atoms with Crippen molar-refractivity contribution in [1.29, 1.82) is 0 Å². The van der Waals surface area contributed by atoms with Crippen LogP contribution in [0.4, 0.5) is 0 Å². The van der Waals surface area contributed by atoms with Gasteiger partial charge in [-0.15, -0.1) is 0 Å². The number of carbonyl (C=O) groups excluding carboxylic acids is 1. The lowest BCUT2D eigenvalue weighted by molar-refractivity contribution is 0.0732. The third kappa shape index (κ3) is 5.84. The minimum absolute atomic E-state index is 0.0572. The van der Waals surface area contributed by atoms with Gasteiger partial charge in [-0.2, -0.15) is 0 Å². The molecule has 0 N–H and O–H groups in total. The molecule has 0 aliphatic rings. The maximum Gasteiger partial charge on any atom is 0.272 e. The van der Waals surface area contributed by atoms with Crippen molar-refractivity contribution < 1.29 is 4.79 Å². The van der Waals surface area contributed by atoms with Crippen LogP contribution in [0.15, 0.2) is 61.1 Å². The van der Waals surface area contributed by atoms with E-state index in [0.717, 1.165) is 31.6 Å². The van der Waals surface area contributed by atoms with Gasteiger partial charge in [-0.3, -0.25) is 9.36 Å².